The average Bonchev–Trinajstić information content (AvgIpc) is 3.18. The second-order valence-electron chi connectivity index (χ2n) is 10.2. The summed E-state index contributed by atoms with van der Waals surface area (Å²) in [5, 5.41) is -1.11. The molecule has 0 saturated carbocycles. The molecule has 7 heteroatoms. The topological polar surface area (TPSA) is 66.2 Å². The van der Waals surface area contributed by atoms with Crippen molar-refractivity contribution in [2.24, 2.45) is 5.92 Å². The second-order valence-corrected chi connectivity index (χ2v) is 12.3. The van der Waals surface area contributed by atoms with Crippen molar-refractivity contribution < 1.29 is 22.6 Å². The fraction of sp³-hybridized carbons (Fsp3) is 0.500. The van der Waals surface area contributed by atoms with Gasteiger partial charge in [-0.05, 0) is 63.6 Å². The Morgan fingerprint density at radius 1 is 1.05 bits per heavy atom. The molecular weight excluding hydrogens is 486 g/mol. The number of nitrogens with zero attached hydrogens (tertiary/aromatic N) is 1. The second kappa shape index (κ2) is 13.3. The molecule has 0 spiro atoms. The van der Waals surface area contributed by atoms with E-state index in [2.05, 4.69) is 29.1 Å². The summed E-state index contributed by atoms with van der Waals surface area (Å²) in [6.45, 7) is 16.5. The first-order valence-electron chi connectivity index (χ1n) is 12.9. The maximum absolute atomic E-state index is 13.0. The Hall–Kier alpha value is -2.50. The Morgan fingerprint density at radius 2 is 1.76 bits per heavy atom. The van der Waals surface area contributed by atoms with Gasteiger partial charge in [0.15, 0.2) is 5.79 Å². The summed E-state index contributed by atoms with van der Waals surface area (Å²) in [7, 11) is -3.72. The van der Waals surface area contributed by atoms with Gasteiger partial charge in [0.05, 0.1) is 30.3 Å². The molecule has 37 heavy (non-hydrogen) atoms. The molecule has 3 rings (SSSR count). The first-order valence-corrected chi connectivity index (χ1v) is 14.5. The first-order chi connectivity index (χ1) is 17.6. The molecule has 1 aliphatic rings. The molecular formula is C30H39NO5S. The highest BCUT2D eigenvalue weighted by molar-refractivity contribution is 7.92. The van der Waals surface area contributed by atoms with Crippen molar-refractivity contribution in [2.45, 2.75) is 88.2 Å². The highest BCUT2D eigenvalue weighted by Crippen LogP contribution is 2.36. The summed E-state index contributed by atoms with van der Waals surface area (Å²) < 4.78 is 44.1. The zero-order valence-electron chi connectivity index (χ0n) is 22.3. The van der Waals surface area contributed by atoms with Crippen molar-refractivity contribution in [3.8, 4) is 0 Å². The summed E-state index contributed by atoms with van der Waals surface area (Å²) in [6, 6.07) is 16.8. The van der Waals surface area contributed by atoms with E-state index in [1.165, 1.54) is 0 Å². The third-order valence-electron chi connectivity index (χ3n) is 6.58. The number of hydrogen-bond acceptors (Lipinski definition) is 5. The van der Waals surface area contributed by atoms with Crippen LogP contribution >= 0.6 is 0 Å². The van der Waals surface area contributed by atoms with Gasteiger partial charge in [-0.15, -0.1) is 0 Å². The van der Waals surface area contributed by atoms with Crippen LogP contribution in [0.25, 0.3) is 4.85 Å². The highest BCUT2D eigenvalue weighted by Gasteiger charge is 2.43. The lowest BCUT2D eigenvalue weighted by Crippen LogP contribution is -2.30. The van der Waals surface area contributed by atoms with Crippen LogP contribution in [-0.4, -0.2) is 38.4 Å². The van der Waals surface area contributed by atoms with Gasteiger partial charge in [0, 0.05) is 6.42 Å². The van der Waals surface area contributed by atoms with E-state index >= 15 is 0 Å². The molecule has 1 saturated heterocycles. The highest BCUT2D eigenvalue weighted by atomic mass is 32.2. The van der Waals surface area contributed by atoms with Crippen molar-refractivity contribution in [3.05, 3.63) is 89.3 Å². The molecule has 0 radical (unpaired) electrons. The lowest BCUT2D eigenvalue weighted by molar-refractivity contribution is -0.150. The third-order valence-corrected chi connectivity index (χ3v) is 8.57. The smallest absolute Gasteiger partial charge is 0.325 e. The van der Waals surface area contributed by atoms with Crippen molar-refractivity contribution in [2.75, 3.05) is 6.61 Å². The van der Waals surface area contributed by atoms with Crippen LogP contribution in [-0.2, 0) is 30.7 Å². The van der Waals surface area contributed by atoms with Crippen LogP contribution in [0.2, 0.25) is 0 Å². The molecule has 1 heterocycles. The Balaban J connectivity index is 1.50. The van der Waals surface area contributed by atoms with Gasteiger partial charge in [0.25, 0.3) is 9.84 Å². The summed E-state index contributed by atoms with van der Waals surface area (Å²) in [6.07, 6.45) is 6.21. The minimum absolute atomic E-state index is 0.0341. The van der Waals surface area contributed by atoms with Gasteiger partial charge in [-0.2, -0.15) is 0 Å². The Bertz CT molecular complexity index is 1150. The molecule has 0 aliphatic carbocycles. The summed E-state index contributed by atoms with van der Waals surface area (Å²) in [5.74, 6) is -0.671. The summed E-state index contributed by atoms with van der Waals surface area (Å²) in [5.41, 5.74) is 2.14. The van der Waals surface area contributed by atoms with Crippen molar-refractivity contribution in [3.63, 3.8) is 0 Å². The SMILES string of the molecule is [C-]#[N+]C(CC[C@@H](C)[C@H]1OC(C)(C)O[C@@H]1C/C=C\CCOCc1ccccc1)S(=O)(=O)c1ccc(C)cc1. The maximum atomic E-state index is 13.0. The normalized spacial score (nSPS) is 21.1. The Morgan fingerprint density at radius 3 is 2.43 bits per heavy atom. The quantitative estimate of drug-likeness (QED) is 0.170. The number of hydrogen-bond donors (Lipinski definition) is 0. The van der Waals surface area contributed by atoms with Gasteiger partial charge in [-0.25, -0.2) is 15.0 Å². The zero-order valence-corrected chi connectivity index (χ0v) is 23.1. The van der Waals surface area contributed by atoms with E-state index in [9.17, 15) is 8.42 Å². The van der Waals surface area contributed by atoms with Crippen LogP contribution in [0.15, 0.2) is 71.6 Å². The van der Waals surface area contributed by atoms with Crippen LogP contribution in [0.4, 0.5) is 0 Å². The Labute approximate surface area is 222 Å². The van der Waals surface area contributed by atoms with Gasteiger partial charge >= 0.3 is 5.37 Å². The summed E-state index contributed by atoms with van der Waals surface area (Å²) >= 11 is 0. The molecule has 0 aromatic heterocycles. The van der Waals surface area contributed by atoms with E-state index in [4.69, 9.17) is 20.8 Å². The van der Waals surface area contributed by atoms with E-state index in [0.717, 1.165) is 17.5 Å². The molecule has 200 valence electrons. The molecule has 1 unspecified atom stereocenters. The standard InChI is InChI=1S/C30H39NO5S/c1-23-15-18-26(19-16-23)37(32,33)28(31-5)20-17-24(2)29-27(35-30(3,4)36-29)14-10-7-11-21-34-22-25-12-8-6-9-13-25/h6-10,12-13,15-16,18-19,24,27-29H,11,14,17,20-22H2,1-4H3/b10-7-/t24-,27-,28?,29-/m1/s1. The largest absolute Gasteiger partial charge is 0.376 e. The molecule has 2 aromatic carbocycles. The van der Waals surface area contributed by atoms with Crippen LogP contribution in [0, 0.1) is 19.4 Å². The minimum Gasteiger partial charge on any atom is -0.376 e. The summed E-state index contributed by atoms with van der Waals surface area (Å²) in [4.78, 5) is 3.67. The molecule has 1 aliphatic heterocycles. The predicted molar refractivity (Wildman–Crippen MR) is 145 cm³/mol. The van der Waals surface area contributed by atoms with Crippen LogP contribution in [0.3, 0.4) is 0 Å². The average molecular weight is 526 g/mol. The van der Waals surface area contributed by atoms with Crippen molar-refractivity contribution in [1.29, 1.82) is 0 Å². The predicted octanol–water partition coefficient (Wildman–Crippen LogP) is 6.50. The number of rotatable bonds is 13. The first kappa shape index (κ1) is 29.1. The molecule has 1 fully saturated rings. The van der Waals surface area contributed by atoms with E-state index in [1.807, 2.05) is 45.9 Å². The van der Waals surface area contributed by atoms with Crippen molar-refractivity contribution in [1.82, 2.24) is 0 Å². The lowest BCUT2D eigenvalue weighted by atomic mass is 9.93. The fourth-order valence-corrected chi connectivity index (χ4v) is 5.95. The third kappa shape index (κ3) is 8.51. The van der Waals surface area contributed by atoms with E-state index in [0.29, 0.717) is 26.1 Å². The van der Waals surface area contributed by atoms with Gasteiger partial charge in [0.1, 0.15) is 0 Å². The minimum atomic E-state index is -3.72. The van der Waals surface area contributed by atoms with Gasteiger partial charge < -0.3 is 14.2 Å². The van der Waals surface area contributed by atoms with Crippen LogP contribution in [0.5, 0.6) is 0 Å². The number of sulfone groups is 1. The molecule has 4 atom stereocenters. The van der Waals surface area contributed by atoms with Crippen LogP contribution in [0.1, 0.15) is 57.6 Å². The number of ether oxygens (including phenoxy) is 3. The molecule has 2 aromatic rings. The molecule has 0 amide bonds. The zero-order chi connectivity index (χ0) is 26.9. The van der Waals surface area contributed by atoms with Crippen LogP contribution < -0.4 is 0 Å². The van der Waals surface area contributed by atoms with E-state index in [-0.39, 0.29) is 29.4 Å². The van der Waals surface area contributed by atoms with Crippen molar-refractivity contribution >= 4 is 9.84 Å². The Kier molecular flexibility index (Phi) is 10.5. The maximum Gasteiger partial charge on any atom is 0.325 e. The van der Waals surface area contributed by atoms with Gasteiger partial charge in [-0.1, -0.05) is 67.1 Å². The fourth-order valence-electron chi connectivity index (χ4n) is 4.54. The van der Waals surface area contributed by atoms with Gasteiger partial charge in [0.2, 0.25) is 0 Å². The monoisotopic (exact) mass is 525 g/mol. The molecule has 0 bridgehead atoms. The number of benzene rings is 2. The lowest BCUT2D eigenvalue weighted by Gasteiger charge is -2.23. The number of aryl methyl sites for hydroxylation is 1. The van der Waals surface area contributed by atoms with Gasteiger partial charge in [-0.3, -0.25) is 4.85 Å². The van der Waals surface area contributed by atoms with E-state index in [1.54, 1.807) is 24.3 Å². The molecule has 0 N–H and O–H groups in total. The molecule has 6 nitrogen and oxygen atoms in total. The van der Waals surface area contributed by atoms with E-state index < -0.39 is 21.0 Å².